The van der Waals surface area contributed by atoms with Gasteiger partial charge in [0.2, 0.25) is 0 Å². The zero-order valence-corrected chi connectivity index (χ0v) is 16.9. The Morgan fingerprint density at radius 2 is 2.26 bits per heavy atom. The molecule has 1 saturated heterocycles. The Balaban J connectivity index is 1.62. The van der Waals surface area contributed by atoms with Crippen LogP contribution < -0.4 is 15.0 Å². The second-order valence-electron chi connectivity index (χ2n) is 7.25. The molecule has 0 bridgehead atoms. The standard InChI is InChI=1S/C21H22N6O4/c1-2-31-15-7-16(20-14(8-22)10-24-27(20)11-15)13-3-4-19(23-9-13)26-6-5-17(18(28)12-26)25-21(29)30/h3-4,7,9-11,17-18,25,28H,2,5-6,12H2,1H3,(H,29,30)/t17-,18-/m0/s1. The van der Waals surface area contributed by atoms with Crippen molar-refractivity contribution in [3.05, 3.63) is 42.4 Å². The van der Waals surface area contributed by atoms with Gasteiger partial charge >= 0.3 is 6.09 Å². The first kappa shape index (κ1) is 20.4. The number of aliphatic hydroxyl groups is 1. The van der Waals surface area contributed by atoms with E-state index >= 15 is 0 Å². The summed E-state index contributed by atoms with van der Waals surface area (Å²) in [7, 11) is 0. The first-order valence-electron chi connectivity index (χ1n) is 9.93. The number of piperidine rings is 1. The fourth-order valence-corrected chi connectivity index (χ4v) is 3.84. The molecule has 0 spiro atoms. The molecule has 1 aliphatic rings. The molecule has 4 rings (SSSR count). The molecule has 0 unspecified atom stereocenters. The summed E-state index contributed by atoms with van der Waals surface area (Å²) in [6.45, 7) is 3.25. The number of carbonyl (C=O) groups is 1. The lowest BCUT2D eigenvalue weighted by molar-refractivity contribution is 0.108. The number of aromatic nitrogens is 3. The summed E-state index contributed by atoms with van der Waals surface area (Å²) in [4.78, 5) is 17.3. The number of aliphatic hydroxyl groups excluding tert-OH is 1. The van der Waals surface area contributed by atoms with E-state index in [1.807, 2.05) is 30.0 Å². The van der Waals surface area contributed by atoms with Crippen molar-refractivity contribution < 1.29 is 19.7 Å². The first-order chi connectivity index (χ1) is 15.0. The Hall–Kier alpha value is -3.84. The van der Waals surface area contributed by atoms with Gasteiger partial charge in [-0.2, -0.15) is 10.4 Å². The highest BCUT2D eigenvalue weighted by Gasteiger charge is 2.29. The van der Waals surface area contributed by atoms with Crippen LogP contribution in [0.1, 0.15) is 18.9 Å². The van der Waals surface area contributed by atoms with Crippen LogP contribution in [-0.4, -0.2) is 62.7 Å². The monoisotopic (exact) mass is 422 g/mol. The predicted octanol–water partition coefficient (Wildman–Crippen LogP) is 1.87. The van der Waals surface area contributed by atoms with Crippen molar-refractivity contribution in [1.29, 1.82) is 5.26 Å². The summed E-state index contributed by atoms with van der Waals surface area (Å²) in [5, 5.41) is 35.2. The number of fused-ring (bicyclic) bond motifs is 1. The van der Waals surface area contributed by atoms with Gasteiger partial charge in [0.05, 0.1) is 42.2 Å². The minimum atomic E-state index is -1.14. The molecular formula is C21H22N6O4. The number of nitrogens with one attached hydrogen (secondary N) is 1. The lowest BCUT2D eigenvalue weighted by Gasteiger charge is -2.36. The predicted molar refractivity (Wildman–Crippen MR) is 112 cm³/mol. The van der Waals surface area contributed by atoms with Gasteiger partial charge in [0.15, 0.2) is 0 Å². The molecule has 1 aliphatic heterocycles. The van der Waals surface area contributed by atoms with Gasteiger partial charge in [0, 0.05) is 30.4 Å². The van der Waals surface area contributed by atoms with Crippen LogP contribution >= 0.6 is 0 Å². The third-order valence-corrected chi connectivity index (χ3v) is 5.29. The van der Waals surface area contributed by atoms with Gasteiger partial charge < -0.3 is 25.2 Å². The second kappa shape index (κ2) is 8.49. The SMILES string of the molecule is CCOc1cc(-c2ccc(N3CC[C@H](NC(=O)O)[C@@H](O)C3)nc2)c2c(C#N)cnn2c1. The molecule has 160 valence electrons. The van der Waals surface area contributed by atoms with Gasteiger partial charge in [-0.1, -0.05) is 0 Å². The summed E-state index contributed by atoms with van der Waals surface area (Å²) >= 11 is 0. The second-order valence-corrected chi connectivity index (χ2v) is 7.25. The van der Waals surface area contributed by atoms with E-state index in [-0.39, 0.29) is 6.54 Å². The van der Waals surface area contributed by atoms with E-state index in [2.05, 4.69) is 21.5 Å². The number of rotatable bonds is 5. The Morgan fingerprint density at radius 1 is 1.42 bits per heavy atom. The maximum absolute atomic E-state index is 10.8. The van der Waals surface area contributed by atoms with Crippen LogP contribution in [0.15, 0.2) is 36.8 Å². The van der Waals surface area contributed by atoms with Gasteiger partial charge in [-0.3, -0.25) is 0 Å². The van der Waals surface area contributed by atoms with E-state index in [4.69, 9.17) is 9.84 Å². The van der Waals surface area contributed by atoms with Crippen LogP contribution in [0.4, 0.5) is 10.6 Å². The van der Waals surface area contributed by atoms with E-state index < -0.39 is 18.2 Å². The van der Waals surface area contributed by atoms with Crippen molar-refractivity contribution in [2.45, 2.75) is 25.5 Å². The number of ether oxygens (including phenoxy) is 1. The van der Waals surface area contributed by atoms with Crippen LogP contribution in [0.2, 0.25) is 0 Å². The number of nitriles is 1. The minimum absolute atomic E-state index is 0.280. The zero-order chi connectivity index (χ0) is 22.0. The van der Waals surface area contributed by atoms with Gasteiger partial charge in [-0.15, -0.1) is 0 Å². The van der Waals surface area contributed by atoms with Gasteiger partial charge in [0.25, 0.3) is 0 Å². The quantitative estimate of drug-likeness (QED) is 0.567. The molecule has 4 heterocycles. The molecule has 10 heteroatoms. The Bertz CT molecular complexity index is 1140. The number of anilines is 1. The van der Waals surface area contributed by atoms with E-state index in [1.165, 1.54) is 6.20 Å². The minimum Gasteiger partial charge on any atom is -0.492 e. The molecule has 3 N–H and O–H groups in total. The van der Waals surface area contributed by atoms with Crippen LogP contribution in [0.3, 0.4) is 0 Å². The third kappa shape index (κ3) is 4.08. The van der Waals surface area contributed by atoms with E-state index in [9.17, 15) is 15.2 Å². The number of pyridine rings is 2. The average molecular weight is 422 g/mol. The average Bonchev–Trinajstić information content (AvgIpc) is 3.18. The van der Waals surface area contributed by atoms with Crippen molar-refractivity contribution in [3.63, 3.8) is 0 Å². The maximum Gasteiger partial charge on any atom is 0.404 e. The molecular weight excluding hydrogens is 400 g/mol. The summed E-state index contributed by atoms with van der Waals surface area (Å²) < 4.78 is 7.27. The fraction of sp³-hybridized carbons (Fsp3) is 0.333. The summed E-state index contributed by atoms with van der Waals surface area (Å²) in [6, 6.07) is 7.29. The van der Waals surface area contributed by atoms with Crippen molar-refractivity contribution in [2.75, 3.05) is 24.6 Å². The molecule has 1 fully saturated rings. The maximum atomic E-state index is 10.8. The summed E-state index contributed by atoms with van der Waals surface area (Å²) in [5.74, 6) is 1.32. The number of β-amino-alcohol motifs (C(OH)–C–C–N with tert-alkyl or cyclic N) is 1. The van der Waals surface area contributed by atoms with Crippen LogP contribution in [0.5, 0.6) is 5.75 Å². The van der Waals surface area contributed by atoms with Crippen LogP contribution in [0.25, 0.3) is 16.6 Å². The number of hydrogen-bond donors (Lipinski definition) is 3. The lowest BCUT2D eigenvalue weighted by Crippen LogP contribution is -2.54. The summed E-state index contributed by atoms with van der Waals surface area (Å²) in [5.41, 5.74) is 2.72. The molecule has 2 atom stereocenters. The molecule has 0 aliphatic carbocycles. The number of carboxylic acid groups (broad SMARTS) is 1. The molecule has 0 aromatic carbocycles. The molecule has 0 radical (unpaired) electrons. The van der Waals surface area contributed by atoms with Crippen LogP contribution in [-0.2, 0) is 0 Å². The molecule has 31 heavy (non-hydrogen) atoms. The number of amides is 1. The van der Waals surface area contributed by atoms with E-state index in [0.29, 0.717) is 42.2 Å². The Morgan fingerprint density at radius 3 is 2.90 bits per heavy atom. The number of nitrogens with zero attached hydrogens (tertiary/aromatic N) is 5. The Kier molecular flexibility index (Phi) is 5.60. The third-order valence-electron chi connectivity index (χ3n) is 5.29. The van der Waals surface area contributed by atoms with Gasteiger partial charge in [-0.05, 0) is 31.5 Å². The van der Waals surface area contributed by atoms with E-state index in [1.54, 1.807) is 16.9 Å². The molecule has 0 saturated carbocycles. The zero-order valence-electron chi connectivity index (χ0n) is 16.9. The molecule has 3 aromatic heterocycles. The lowest BCUT2D eigenvalue weighted by atomic mass is 10.0. The van der Waals surface area contributed by atoms with E-state index in [0.717, 1.165) is 11.1 Å². The normalized spacial score (nSPS) is 18.5. The highest BCUT2D eigenvalue weighted by molar-refractivity contribution is 5.85. The highest BCUT2D eigenvalue weighted by atomic mass is 16.5. The van der Waals surface area contributed by atoms with Crippen molar-refractivity contribution >= 4 is 17.4 Å². The van der Waals surface area contributed by atoms with Crippen LogP contribution in [0, 0.1) is 11.3 Å². The van der Waals surface area contributed by atoms with Crippen molar-refractivity contribution in [3.8, 4) is 22.9 Å². The van der Waals surface area contributed by atoms with Crippen molar-refractivity contribution in [1.82, 2.24) is 19.9 Å². The largest absolute Gasteiger partial charge is 0.492 e. The first-order valence-corrected chi connectivity index (χ1v) is 9.93. The Labute approximate surface area is 178 Å². The molecule has 10 nitrogen and oxygen atoms in total. The van der Waals surface area contributed by atoms with Crippen molar-refractivity contribution in [2.24, 2.45) is 0 Å². The summed E-state index contributed by atoms with van der Waals surface area (Å²) in [6.07, 6.45) is 3.49. The van der Waals surface area contributed by atoms with Gasteiger partial charge in [0.1, 0.15) is 17.6 Å². The molecule has 1 amide bonds. The van der Waals surface area contributed by atoms with Gasteiger partial charge in [-0.25, -0.2) is 14.3 Å². The number of hydrogen-bond acceptors (Lipinski definition) is 7. The topological polar surface area (TPSA) is 136 Å². The fourth-order valence-electron chi connectivity index (χ4n) is 3.84. The highest BCUT2D eigenvalue weighted by Crippen LogP contribution is 2.31. The smallest absolute Gasteiger partial charge is 0.404 e. The molecule has 3 aromatic rings.